The first kappa shape index (κ1) is 18.4. The Morgan fingerprint density at radius 3 is 2.60 bits per heavy atom. The van der Waals surface area contributed by atoms with Gasteiger partial charge in [0.15, 0.2) is 0 Å². The Hall–Kier alpha value is -3.64. The number of hydrogen-bond acceptors (Lipinski definition) is 5. The van der Waals surface area contributed by atoms with Gasteiger partial charge in [0.2, 0.25) is 0 Å². The van der Waals surface area contributed by atoms with Gasteiger partial charge in [-0.2, -0.15) is 0 Å². The molecule has 0 amide bonds. The van der Waals surface area contributed by atoms with E-state index in [0.29, 0.717) is 6.61 Å². The molecular weight excluding hydrogens is 392 g/mol. The molecule has 0 aliphatic heterocycles. The van der Waals surface area contributed by atoms with Crippen LogP contribution in [0, 0.1) is 0 Å². The summed E-state index contributed by atoms with van der Waals surface area (Å²) in [6.45, 7) is 1.28. The Morgan fingerprint density at radius 1 is 0.933 bits per heavy atom. The summed E-state index contributed by atoms with van der Waals surface area (Å²) in [5.41, 5.74) is 5.35. The van der Waals surface area contributed by atoms with Crippen LogP contribution in [0.5, 0.6) is 5.75 Å². The van der Waals surface area contributed by atoms with Crippen molar-refractivity contribution in [2.75, 3.05) is 5.32 Å². The fraction of sp³-hybridized carbons (Fsp3) is 0.0833. The number of aromatic amines is 1. The number of aromatic nitrogens is 3. The number of hydrogen-bond donors (Lipinski definition) is 2. The summed E-state index contributed by atoms with van der Waals surface area (Å²) in [4.78, 5) is 13.2. The zero-order valence-electron chi connectivity index (χ0n) is 16.2. The molecule has 2 N–H and O–H groups in total. The molecular formula is C24H20N4OS. The third-order valence-electron chi connectivity index (χ3n) is 4.81. The average molecular weight is 413 g/mol. The molecule has 0 radical (unpaired) electrons. The summed E-state index contributed by atoms with van der Waals surface area (Å²) in [5.74, 6) is 1.77. The van der Waals surface area contributed by atoms with E-state index in [1.807, 2.05) is 36.4 Å². The summed E-state index contributed by atoms with van der Waals surface area (Å²) < 4.78 is 5.83. The lowest BCUT2D eigenvalue weighted by Gasteiger charge is -2.09. The normalized spacial score (nSPS) is 10.9. The van der Waals surface area contributed by atoms with Crippen molar-refractivity contribution < 1.29 is 4.74 Å². The molecule has 5 nitrogen and oxygen atoms in total. The molecule has 0 bridgehead atoms. The molecule has 30 heavy (non-hydrogen) atoms. The summed E-state index contributed by atoms with van der Waals surface area (Å²) in [6, 6.07) is 22.4. The van der Waals surface area contributed by atoms with Gasteiger partial charge >= 0.3 is 0 Å². The van der Waals surface area contributed by atoms with E-state index in [0.717, 1.165) is 45.3 Å². The number of pyridine rings is 1. The Kier molecular flexibility index (Phi) is 5.14. The summed E-state index contributed by atoms with van der Waals surface area (Å²) >= 11 is 1.68. The highest BCUT2D eigenvalue weighted by Crippen LogP contribution is 2.26. The van der Waals surface area contributed by atoms with Gasteiger partial charge < -0.3 is 15.0 Å². The average Bonchev–Trinajstić information content (AvgIpc) is 3.47. The lowest BCUT2D eigenvalue weighted by atomic mass is 10.2. The second-order valence-electron chi connectivity index (χ2n) is 6.94. The zero-order valence-corrected chi connectivity index (χ0v) is 17.0. The van der Waals surface area contributed by atoms with Gasteiger partial charge in [0.05, 0.1) is 15.9 Å². The molecule has 2 aromatic carbocycles. The van der Waals surface area contributed by atoms with E-state index in [9.17, 15) is 0 Å². The van der Waals surface area contributed by atoms with Crippen LogP contribution in [0.15, 0.2) is 84.5 Å². The lowest BCUT2D eigenvalue weighted by Crippen LogP contribution is -2.00. The third-order valence-corrected chi connectivity index (χ3v) is 5.69. The van der Waals surface area contributed by atoms with E-state index in [1.165, 1.54) is 5.56 Å². The van der Waals surface area contributed by atoms with Crippen LogP contribution in [-0.2, 0) is 13.2 Å². The number of fused-ring (bicyclic) bond motifs is 1. The van der Waals surface area contributed by atoms with Crippen molar-refractivity contribution in [2.24, 2.45) is 0 Å². The van der Waals surface area contributed by atoms with Crippen LogP contribution in [-0.4, -0.2) is 15.0 Å². The highest BCUT2D eigenvalue weighted by atomic mass is 32.1. The highest BCUT2D eigenvalue weighted by Gasteiger charge is 2.07. The van der Waals surface area contributed by atoms with Crippen molar-refractivity contribution in [3.63, 3.8) is 0 Å². The first-order valence-corrected chi connectivity index (χ1v) is 10.6. The maximum atomic E-state index is 5.83. The van der Waals surface area contributed by atoms with E-state index >= 15 is 0 Å². The molecule has 5 aromatic rings. The monoisotopic (exact) mass is 412 g/mol. The van der Waals surface area contributed by atoms with Gasteiger partial charge in [0, 0.05) is 24.6 Å². The molecule has 0 atom stereocenters. The zero-order chi connectivity index (χ0) is 20.2. The fourth-order valence-electron chi connectivity index (χ4n) is 3.20. The van der Waals surface area contributed by atoms with E-state index in [4.69, 9.17) is 4.74 Å². The van der Waals surface area contributed by atoms with Gasteiger partial charge in [-0.3, -0.25) is 4.98 Å². The molecule has 3 heterocycles. The predicted octanol–water partition coefficient (Wildman–Crippen LogP) is 5.88. The maximum absolute atomic E-state index is 5.83. The molecule has 0 saturated carbocycles. The second-order valence-corrected chi connectivity index (χ2v) is 7.88. The SMILES string of the molecule is c1csc(-c2nc3ccc(NCc4ccc(OCc5ccncc5)cc4)cc3[nH]2)c1. The summed E-state index contributed by atoms with van der Waals surface area (Å²) in [7, 11) is 0. The number of ether oxygens (including phenoxy) is 1. The molecule has 0 saturated heterocycles. The van der Waals surface area contributed by atoms with Crippen LogP contribution >= 0.6 is 11.3 Å². The van der Waals surface area contributed by atoms with Crippen molar-refractivity contribution in [1.82, 2.24) is 15.0 Å². The number of nitrogens with zero attached hydrogens (tertiary/aromatic N) is 2. The number of H-pyrrole nitrogens is 1. The van der Waals surface area contributed by atoms with Crippen molar-refractivity contribution in [2.45, 2.75) is 13.2 Å². The maximum Gasteiger partial charge on any atom is 0.148 e. The first-order valence-electron chi connectivity index (χ1n) is 9.72. The Morgan fingerprint density at radius 2 is 1.80 bits per heavy atom. The third kappa shape index (κ3) is 4.18. The van der Waals surface area contributed by atoms with E-state index in [-0.39, 0.29) is 0 Å². The molecule has 0 unspecified atom stereocenters. The minimum absolute atomic E-state index is 0.539. The van der Waals surface area contributed by atoms with Crippen LogP contribution in [0.25, 0.3) is 21.7 Å². The van der Waals surface area contributed by atoms with Crippen molar-refractivity contribution in [3.8, 4) is 16.5 Å². The molecule has 148 valence electrons. The Bertz CT molecular complexity index is 1230. The Labute approximate surface area is 178 Å². The minimum atomic E-state index is 0.539. The van der Waals surface area contributed by atoms with Crippen LogP contribution in [0.2, 0.25) is 0 Å². The fourth-order valence-corrected chi connectivity index (χ4v) is 3.87. The van der Waals surface area contributed by atoms with Gasteiger partial charge in [0.1, 0.15) is 18.2 Å². The van der Waals surface area contributed by atoms with Crippen LogP contribution in [0.4, 0.5) is 5.69 Å². The van der Waals surface area contributed by atoms with Crippen molar-refractivity contribution in [1.29, 1.82) is 0 Å². The lowest BCUT2D eigenvalue weighted by molar-refractivity contribution is 0.306. The van der Waals surface area contributed by atoms with E-state index < -0.39 is 0 Å². The first-order chi connectivity index (χ1) is 14.8. The van der Waals surface area contributed by atoms with Gasteiger partial charge in [-0.25, -0.2) is 4.98 Å². The van der Waals surface area contributed by atoms with Crippen LogP contribution in [0.3, 0.4) is 0 Å². The highest BCUT2D eigenvalue weighted by molar-refractivity contribution is 7.13. The standard InChI is InChI=1S/C24H20N4OS/c1-2-23(30-13-1)24-27-21-8-5-19(14-22(21)28-24)26-15-17-3-6-20(7-4-17)29-16-18-9-11-25-12-10-18/h1-14,26H,15-16H2,(H,27,28). The molecule has 0 fully saturated rings. The summed E-state index contributed by atoms with van der Waals surface area (Å²) in [5, 5.41) is 5.54. The van der Waals surface area contributed by atoms with Gasteiger partial charge in [-0.05, 0) is 65.0 Å². The van der Waals surface area contributed by atoms with Gasteiger partial charge in [0.25, 0.3) is 0 Å². The van der Waals surface area contributed by atoms with Crippen molar-refractivity contribution >= 4 is 28.1 Å². The molecule has 0 spiro atoms. The summed E-state index contributed by atoms with van der Waals surface area (Å²) in [6.07, 6.45) is 3.55. The van der Waals surface area contributed by atoms with E-state index in [2.05, 4.69) is 56.0 Å². The van der Waals surface area contributed by atoms with Gasteiger partial charge in [-0.1, -0.05) is 18.2 Å². The second kappa shape index (κ2) is 8.39. The largest absolute Gasteiger partial charge is 0.489 e. The number of nitrogens with one attached hydrogen (secondary N) is 2. The van der Waals surface area contributed by atoms with E-state index in [1.54, 1.807) is 23.7 Å². The molecule has 0 aliphatic rings. The number of rotatable bonds is 7. The topological polar surface area (TPSA) is 62.8 Å². The molecule has 6 heteroatoms. The quantitative estimate of drug-likeness (QED) is 0.350. The number of thiophene rings is 1. The molecule has 5 rings (SSSR count). The minimum Gasteiger partial charge on any atom is -0.489 e. The predicted molar refractivity (Wildman–Crippen MR) is 122 cm³/mol. The number of imidazole rings is 1. The van der Waals surface area contributed by atoms with Crippen molar-refractivity contribution in [3.05, 3.63) is 95.6 Å². The van der Waals surface area contributed by atoms with Gasteiger partial charge in [-0.15, -0.1) is 11.3 Å². The van der Waals surface area contributed by atoms with Crippen LogP contribution in [0.1, 0.15) is 11.1 Å². The Balaban J connectivity index is 1.20. The molecule has 0 aliphatic carbocycles. The number of anilines is 1. The van der Waals surface area contributed by atoms with Crippen LogP contribution < -0.4 is 10.1 Å². The molecule has 3 aromatic heterocycles. The number of benzene rings is 2. The smallest absolute Gasteiger partial charge is 0.148 e.